The highest BCUT2D eigenvalue weighted by atomic mass is 19.4. The first kappa shape index (κ1) is 19.5. The molecule has 0 N–H and O–H groups in total. The van der Waals surface area contributed by atoms with Gasteiger partial charge in [-0.05, 0) is 31.0 Å². The van der Waals surface area contributed by atoms with Crippen molar-refractivity contribution < 1.29 is 26.3 Å². The van der Waals surface area contributed by atoms with Crippen molar-refractivity contribution in [3.63, 3.8) is 0 Å². The Balaban J connectivity index is 1.69. The Bertz CT molecular complexity index is 1030. The van der Waals surface area contributed by atoms with Gasteiger partial charge in [-0.3, -0.25) is 4.40 Å². The lowest BCUT2D eigenvalue weighted by molar-refractivity contribution is -0.176. The lowest BCUT2D eigenvalue weighted by Gasteiger charge is -2.34. The van der Waals surface area contributed by atoms with E-state index in [2.05, 4.69) is 15.0 Å². The Labute approximate surface area is 161 Å². The van der Waals surface area contributed by atoms with Crippen molar-refractivity contribution in [2.45, 2.75) is 25.2 Å². The number of halogens is 6. The van der Waals surface area contributed by atoms with E-state index < -0.39 is 23.8 Å². The van der Waals surface area contributed by atoms with Crippen LogP contribution in [0.1, 0.15) is 18.4 Å². The third kappa shape index (κ3) is 3.85. The Morgan fingerprint density at radius 2 is 1.79 bits per heavy atom. The summed E-state index contributed by atoms with van der Waals surface area (Å²) in [5.74, 6) is -1.06. The highest BCUT2D eigenvalue weighted by Crippen LogP contribution is 2.35. The summed E-state index contributed by atoms with van der Waals surface area (Å²) in [5, 5.41) is 0. The van der Waals surface area contributed by atoms with Crippen molar-refractivity contribution in [1.82, 2.24) is 19.4 Å². The van der Waals surface area contributed by atoms with Gasteiger partial charge in [-0.15, -0.1) is 0 Å². The number of imidazole rings is 1. The van der Waals surface area contributed by atoms with Crippen molar-refractivity contribution in [2.24, 2.45) is 5.92 Å². The van der Waals surface area contributed by atoms with Gasteiger partial charge in [0.2, 0.25) is 0 Å². The normalized spacial score (nSPS) is 18.4. The number of hydrogen-bond donors (Lipinski definition) is 0. The zero-order chi connectivity index (χ0) is 20.8. The molecule has 0 amide bonds. The minimum absolute atomic E-state index is 0.0609. The monoisotopic (exact) mass is 415 g/mol. The highest BCUT2D eigenvalue weighted by Gasteiger charge is 2.42. The van der Waals surface area contributed by atoms with Gasteiger partial charge in [-0.1, -0.05) is 0 Å². The smallest absolute Gasteiger partial charge is 0.356 e. The molecule has 1 aliphatic heterocycles. The summed E-state index contributed by atoms with van der Waals surface area (Å²) in [4.78, 5) is 14.0. The van der Waals surface area contributed by atoms with E-state index in [-0.39, 0.29) is 30.1 Å². The van der Waals surface area contributed by atoms with Crippen LogP contribution in [0, 0.1) is 5.92 Å². The number of fused-ring (bicyclic) bond motifs is 1. The number of anilines is 1. The number of nitrogens with zero attached hydrogens (tertiary/aromatic N) is 5. The van der Waals surface area contributed by atoms with Gasteiger partial charge in [0.05, 0.1) is 17.7 Å². The number of pyridine rings is 1. The van der Waals surface area contributed by atoms with Crippen molar-refractivity contribution in [3.8, 4) is 11.5 Å². The molecule has 1 aliphatic rings. The minimum atomic E-state index is -4.53. The second kappa shape index (κ2) is 6.89. The van der Waals surface area contributed by atoms with Crippen LogP contribution in [0.15, 0.2) is 36.8 Å². The number of rotatable bonds is 2. The first-order valence-corrected chi connectivity index (χ1v) is 8.82. The van der Waals surface area contributed by atoms with Crippen molar-refractivity contribution in [2.75, 3.05) is 18.0 Å². The van der Waals surface area contributed by atoms with Crippen molar-refractivity contribution in [3.05, 3.63) is 42.4 Å². The summed E-state index contributed by atoms with van der Waals surface area (Å²) >= 11 is 0. The molecule has 0 spiro atoms. The summed E-state index contributed by atoms with van der Waals surface area (Å²) in [7, 11) is 0. The van der Waals surface area contributed by atoms with E-state index in [1.165, 1.54) is 33.8 Å². The molecule has 1 unspecified atom stereocenters. The quantitative estimate of drug-likeness (QED) is 0.575. The van der Waals surface area contributed by atoms with E-state index in [0.717, 1.165) is 12.3 Å². The maximum Gasteiger partial charge on any atom is 0.417 e. The fraction of sp³-hybridized carbons (Fsp3) is 0.389. The van der Waals surface area contributed by atoms with Crippen LogP contribution in [0.3, 0.4) is 0 Å². The molecule has 1 saturated heterocycles. The lowest BCUT2D eigenvalue weighted by atomic mass is 9.97. The van der Waals surface area contributed by atoms with Gasteiger partial charge in [-0.25, -0.2) is 15.0 Å². The second-order valence-corrected chi connectivity index (χ2v) is 6.85. The van der Waals surface area contributed by atoms with Gasteiger partial charge < -0.3 is 4.90 Å². The van der Waals surface area contributed by atoms with Crippen LogP contribution in [-0.4, -0.2) is 38.6 Å². The standard InChI is InChI=1S/C18H15F6N5/c19-17(20,21)11-2-1-7-28(9-11)15-5-6-25-16(27-15)13-8-26-14-4-3-12(10-29(13)14)18(22,23)24/h3-6,8,10-11H,1-2,7,9H2. The van der Waals surface area contributed by atoms with Crippen molar-refractivity contribution >= 4 is 11.5 Å². The molecule has 0 bridgehead atoms. The molecule has 0 radical (unpaired) electrons. The molecular weight excluding hydrogens is 400 g/mol. The number of aromatic nitrogens is 4. The lowest BCUT2D eigenvalue weighted by Crippen LogP contribution is -2.42. The first-order chi connectivity index (χ1) is 13.6. The topological polar surface area (TPSA) is 46.3 Å². The summed E-state index contributed by atoms with van der Waals surface area (Å²) in [6.07, 6.45) is -4.78. The Hall–Kier alpha value is -2.85. The molecule has 29 heavy (non-hydrogen) atoms. The third-order valence-electron chi connectivity index (χ3n) is 4.91. The molecule has 154 valence electrons. The van der Waals surface area contributed by atoms with Gasteiger partial charge in [0, 0.05) is 25.5 Å². The van der Waals surface area contributed by atoms with E-state index in [0.29, 0.717) is 18.8 Å². The van der Waals surface area contributed by atoms with Crippen LogP contribution in [0.25, 0.3) is 17.2 Å². The second-order valence-electron chi connectivity index (χ2n) is 6.85. The van der Waals surface area contributed by atoms with Gasteiger partial charge in [0.15, 0.2) is 5.82 Å². The molecule has 0 saturated carbocycles. The maximum absolute atomic E-state index is 13.1. The van der Waals surface area contributed by atoms with E-state index in [1.54, 1.807) is 0 Å². The first-order valence-electron chi connectivity index (χ1n) is 8.82. The largest absolute Gasteiger partial charge is 0.417 e. The molecule has 4 rings (SSSR count). The number of hydrogen-bond acceptors (Lipinski definition) is 4. The zero-order valence-electron chi connectivity index (χ0n) is 14.9. The average Bonchev–Trinajstić information content (AvgIpc) is 3.10. The highest BCUT2D eigenvalue weighted by molar-refractivity contribution is 5.59. The Kier molecular flexibility index (Phi) is 4.62. The molecule has 1 fully saturated rings. The van der Waals surface area contributed by atoms with Crippen LogP contribution in [0.5, 0.6) is 0 Å². The molecule has 3 aromatic rings. The van der Waals surface area contributed by atoms with Crippen LogP contribution >= 0.6 is 0 Å². The van der Waals surface area contributed by atoms with Gasteiger partial charge in [-0.2, -0.15) is 26.3 Å². The SMILES string of the molecule is FC(F)(F)c1ccc2ncc(-c3nccc(N4CCCC(C(F)(F)F)C4)n3)n2c1. The summed E-state index contributed by atoms with van der Waals surface area (Å²) in [6.45, 7) is 0.194. The van der Waals surface area contributed by atoms with E-state index >= 15 is 0 Å². The molecule has 3 aromatic heterocycles. The third-order valence-corrected chi connectivity index (χ3v) is 4.91. The molecule has 5 nitrogen and oxygen atoms in total. The van der Waals surface area contributed by atoms with Gasteiger partial charge in [0.25, 0.3) is 0 Å². The fourth-order valence-electron chi connectivity index (χ4n) is 3.41. The zero-order valence-corrected chi connectivity index (χ0v) is 14.9. The average molecular weight is 415 g/mol. The van der Waals surface area contributed by atoms with E-state index in [9.17, 15) is 26.3 Å². The fourth-order valence-corrected chi connectivity index (χ4v) is 3.41. The summed E-state index contributed by atoms with van der Waals surface area (Å²) in [6, 6.07) is 3.65. The predicted molar refractivity (Wildman–Crippen MR) is 92.2 cm³/mol. The Morgan fingerprint density at radius 3 is 2.52 bits per heavy atom. The molecule has 4 heterocycles. The summed E-state index contributed by atoms with van der Waals surface area (Å²) < 4.78 is 79.6. The number of alkyl halides is 6. The van der Waals surface area contributed by atoms with Crippen molar-refractivity contribution in [1.29, 1.82) is 0 Å². The van der Waals surface area contributed by atoms with E-state index in [1.807, 2.05) is 0 Å². The number of piperidine rings is 1. The van der Waals surface area contributed by atoms with Crippen LogP contribution in [0.4, 0.5) is 32.2 Å². The summed E-state index contributed by atoms with van der Waals surface area (Å²) in [5.41, 5.74) is -0.362. The maximum atomic E-state index is 13.1. The minimum Gasteiger partial charge on any atom is -0.356 e. The van der Waals surface area contributed by atoms with E-state index in [4.69, 9.17) is 0 Å². The van der Waals surface area contributed by atoms with Gasteiger partial charge in [0.1, 0.15) is 17.2 Å². The van der Waals surface area contributed by atoms with Crippen LogP contribution in [0.2, 0.25) is 0 Å². The molecular formula is C18H15F6N5. The molecule has 0 aliphatic carbocycles. The van der Waals surface area contributed by atoms with Gasteiger partial charge >= 0.3 is 12.4 Å². The Morgan fingerprint density at radius 1 is 1.00 bits per heavy atom. The predicted octanol–water partition coefficient (Wildman–Crippen LogP) is 4.59. The molecule has 1 atom stereocenters. The van der Waals surface area contributed by atoms with Crippen LogP contribution < -0.4 is 4.90 Å². The molecule has 0 aromatic carbocycles. The molecule has 11 heteroatoms. The van der Waals surface area contributed by atoms with Crippen LogP contribution in [-0.2, 0) is 6.18 Å².